The molecule has 0 atom stereocenters. The van der Waals surface area contributed by atoms with Gasteiger partial charge >= 0.3 is 0 Å². The highest BCUT2D eigenvalue weighted by atomic mass is 79.9. The Morgan fingerprint density at radius 1 is 1.16 bits per heavy atom. The van der Waals surface area contributed by atoms with Crippen LogP contribution in [0, 0.1) is 0 Å². The van der Waals surface area contributed by atoms with Crippen molar-refractivity contribution in [1.82, 2.24) is 9.38 Å². The number of halogens is 1. The van der Waals surface area contributed by atoms with Crippen LogP contribution in [0.2, 0.25) is 0 Å². The number of rotatable bonds is 3. The second-order valence-corrected chi connectivity index (χ2v) is 5.30. The highest BCUT2D eigenvalue weighted by molar-refractivity contribution is 9.10. The molecule has 2 N–H and O–H groups in total. The molecule has 0 spiro atoms. The minimum Gasteiger partial charge on any atom is -0.330 e. The lowest BCUT2D eigenvalue weighted by molar-refractivity contribution is 0.906. The Morgan fingerprint density at radius 2 is 1.95 bits per heavy atom. The fourth-order valence-electron chi connectivity index (χ4n) is 2.27. The van der Waals surface area contributed by atoms with E-state index in [0.717, 1.165) is 33.5 Å². The summed E-state index contributed by atoms with van der Waals surface area (Å²) >= 11 is 3.48. The highest BCUT2D eigenvalue weighted by Gasteiger charge is 2.13. The van der Waals surface area contributed by atoms with Gasteiger partial charge in [0.25, 0.3) is 0 Å². The molecular weight excluding hydrogens is 302 g/mol. The molecule has 0 saturated heterocycles. The summed E-state index contributed by atoms with van der Waals surface area (Å²) in [6.45, 7) is 0.615. The monoisotopic (exact) mass is 315 g/mol. The number of fused-ring (bicyclic) bond motifs is 1. The molecule has 19 heavy (non-hydrogen) atoms. The summed E-state index contributed by atoms with van der Waals surface area (Å²) in [4.78, 5) is 4.74. The number of hydrogen-bond acceptors (Lipinski definition) is 2. The lowest BCUT2D eigenvalue weighted by atomic mass is 10.1. The first-order chi connectivity index (χ1) is 9.29. The molecule has 0 radical (unpaired) electrons. The van der Waals surface area contributed by atoms with Crippen molar-refractivity contribution in [1.29, 1.82) is 0 Å². The average Bonchev–Trinajstić information content (AvgIpc) is 2.78. The van der Waals surface area contributed by atoms with Crippen LogP contribution in [0.25, 0.3) is 16.9 Å². The summed E-state index contributed by atoms with van der Waals surface area (Å²) in [7, 11) is 0. The predicted molar refractivity (Wildman–Crippen MR) is 81.1 cm³/mol. The van der Waals surface area contributed by atoms with Gasteiger partial charge in [0.05, 0.1) is 11.4 Å². The molecule has 0 saturated carbocycles. The van der Waals surface area contributed by atoms with Crippen molar-refractivity contribution in [2.45, 2.75) is 6.42 Å². The van der Waals surface area contributed by atoms with E-state index in [-0.39, 0.29) is 0 Å². The highest BCUT2D eigenvalue weighted by Crippen LogP contribution is 2.25. The Hall–Kier alpha value is -1.65. The zero-order chi connectivity index (χ0) is 13.2. The lowest BCUT2D eigenvalue weighted by Crippen LogP contribution is -2.06. The van der Waals surface area contributed by atoms with Gasteiger partial charge in [-0.25, -0.2) is 4.98 Å². The number of aromatic nitrogens is 2. The van der Waals surface area contributed by atoms with E-state index in [1.807, 2.05) is 36.5 Å². The van der Waals surface area contributed by atoms with E-state index in [0.29, 0.717) is 6.54 Å². The first-order valence-corrected chi connectivity index (χ1v) is 7.01. The fourth-order valence-corrected chi connectivity index (χ4v) is 2.60. The maximum Gasteiger partial charge on any atom is 0.138 e. The minimum absolute atomic E-state index is 0.615. The molecule has 0 fully saturated rings. The van der Waals surface area contributed by atoms with Gasteiger partial charge in [-0.05, 0) is 18.7 Å². The Kier molecular flexibility index (Phi) is 3.36. The van der Waals surface area contributed by atoms with Crippen LogP contribution in [0.4, 0.5) is 0 Å². The Balaban J connectivity index is 2.26. The molecule has 3 rings (SSSR count). The molecule has 3 nitrogen and oxygen atoms in total. The molecule has 0 amide bonds. The summed E-state index contributed by atoms with van der Waals surface area (Å²) in [5.41, 5.74) is 9.99. The minimum atomic E-state index is 0.615. The molecule has 3 aromatic rings. The van der Waals surface area contributed by atoms with Crippen molar-refractivity contribution in [2.24, 2.45) is 5.73 Å². The van der Waals surface area contributed by atoms with Crippen LogP contribution in [0.3, 0.4) is 0 Å². The Labute approximate surface area is 120 Å². The number of benzene rings is 1. The van der Waals surface area contributed by atoms with Gasteiger partial charge in [-0.1, -0.05) is 46.3 Å². The zero-order valence-corrected chi connectivity index (χ0v) is 12.0. The van der Waals surface area contributed by atoms with E-state index in [4.69, 9.17) is 10.7 Å². The Morgan fingerprint density at radius 3 is 2.68 bits per heavy atom. The third kappa shape index (κ3) is 2.29. The van der Waals surface area contributed by atoms with Crippen molar-refractivity contribution in [3.8, 4) is 11.3 Å². The summed E-state index contributed by atoms with van der Waals surface area (Å²) in [5, 5.41) is 0. The third-order valence-electron chi connectivity index (χ3n) is 3.12. The maximum atomic E-state index is 5.74. The van der Waals surface area contributed by atoms with Crippen LogP contribution < -0.4 is 5.73 Å². The molecule has 0 aliphatic rings. The van der Waals surface area contributed by atoms with Gasteiger partial charge in [-0.15, -0.1) is 0 Å². The SMILES string of the molecule is NCCc1c(-c2ccccc2)nc2cc(Br)ccn12. The number of pyridine rings is 1. The zero-order valence-electron chi connectivity index (χ0n) is 10.4. The largest absolute Gasteiger partial charge is 0.330 e. The van der Waals surface area contributed by atoms with Crippen LogP contribution in [-0.4, -0.2) is 15.9 Å². The third-order valence-corrected chi connectivity index (χ3v) is 3.61. The van der Waals surface area contributed by atoms with Crippen molar-refractivity contribution in [2.75, 3.05) is 6.54 Å². The van der Waals surface area contributed by atoms with Gasteiger partial charge < -0.3 is 10.1 Å². The average molecular weight is 316 g/mol. The normalized spacial score (nSPS) is 11.1. The molecule has 2 aromatic heterocycles. The van der Waals surface area contributed by atoms with Crippen LogP contribution in [0.5, 0.6) is 0 Å². The van der Waals surface area contributed by atoms with Gasteiger partial charge in [-0.3, -0.25) is 0 Å². The van der Waals surface area contributed by atoms with Gasteiger partial charge in [0.15, 0.2) is 0 Å². The van der Waals surface area contributed by atoms with Crippen LogP contribution in [0.1, 0.15) is 5.69 Å². The first-order valence-electron chi connectivity index (χ1n) is 6.21. The van der Waals surface area contributed by atoms with E-state index in [1.165, 1.54) is 0 Å². The molecule has 4 heteroatoms. The molecule has 2 heterocycles. The number of hydrogen-bond donors (Lipinski definition) is 1. The van der Waals surface area contributed by atoms with Gasteiger partial charge in [0.2, 0.25) is 0 Å². The van der Waals surface area contributed by atoms with Crippen LogP contribution in [0.15, 0.2) is 53.1 Å². The van der Waals surface area contributed by atoms with E-state index < -0.39 is 0 Å². The molecule has 0 unspecified atom stereocenters. The number of nitrogens with two attached hydrogens (primary N) is 1. The van der Waals surface area contributed by atoms with Gasteiger partial charge in [0, 0.05) is 22.7 Å². The van der Waals surface area contributed by atoms with Crippen LogP contribution >= 0.6 is 15.9 Å². The predicted octanol–water partition coefficient (Wildman–Crippen LogP) is 3.27. The molecular formula is C15H14BrN3. The summed E-state index contributed by atoms with van der Waals surface area (Å²) < 4.78 is 3.14. The van der Waals surface area contributed by atoms with E-state index in [9.17, 15) is 0 Å². The molecule has 1 aromatic carbocycles. The lowest BCUT2D eigenvalue weighted by Gasteiger charge is -2.03. The maximum absolute atomic E-state index is 5.74. The van der Waals surface area contributed by atoms with Crippen molar-refractivity contribution in [3.63, 3.8) is 0 Å². The van der Waals surface area contributed by atoms with E-state index in [1.54, 1.807) is 0 Å². The van der Waals surface area contributed by atoms with Crippen molar-refractivity contribution in [3.05, 3.63) is 58.8 Å². The summed E-state index contributed by atoms with van der Waals surface area (Å²) in [5.74, 6) is 0. The molecule has 0 bridgehead atoms. The quantitative estimate of drug-likeness (QED) is 0.806. The second kappa shape index (κ2) is 5.15. The summed E-state index contributed by atoms with van der Waals surface area (Å²) in [6.07, 6.45) is 2.84. The first kappa shape index (κ1) is 12.4. The van der Waals surface area contributed by atoms with Crippen molar-refractivity contribution >= 4 is 21.6 Å². The molecule has 96 valence electrons. The second-order valence-electron chi connectivity index (χ2n) is 4.38. The van der Waals surface area contributed by atoms with Crippen molar-refractivity contribution < 1.29 is 0 Å². The Bertz CT molecular complexity index is 704. The topological polar surface area (TPSA) is 43.3 Å². The number of imidazole rings is 1. The van der Waals surface area contributed by atoms with Gasteiger partial charge in [-0.2, -0.15) is 0 Å². The van der Waals surface area contributed by atoms with E-state index in [2.05, 4.69) is 32.5 Å². The summed E-state index contributed by atoms with van der Waals surface area (Å²) in [6, 6.07) is 14.3. The molecule has 0 aliphatic carbocycles. The smallest absolute Gasteiger partial charge is 0.138 e. The molecule has 0 aliphatic heterocycles. The standard InChI is InChI=1S/C15H14BrN3/c16-12-7-9-19-13(6-8-17)15(18-14(19)10-12)11-4-2-1-3-5-11/h1-5,7,9-10H,6,8,17H2. The van der Waals surface area contributed by atoms with Crippen LogP contribution in [-0.2, 0) is 6.42 Å². The van der Waals surface area contributed by atoms with E-state index >= 15 is 0 Å². The van der Waals surface area contributed by atoms with Gasteiger partial charge in [0.1, 0.15) is 5.65 Å². The fraction of sp³-hybridized carbons (Fsp3) is 0.133. The number of nitrogens with zero attached hydrogens (tertiary/aromatic N) is 2.